The number of fused-ring (bicyclic) bond motifs is 1. The predicted molar refractivity (Wildman–Crippen MR) is 118 cm³/mol. The smallest absolute Gasteiger partial charge is 0.406 e. The van der Waals surface area contributed by atoms with Crippen LogP contribution in [0.1, 0.15) is 48.8 Å². The van der Waals surface area contributed by atoms with Crippen LogP contribution in [0.5, 0.6) is 5.75 Å². The van der Waals surface area contributed by atoms with Crippen molar-refractivity contribution in [2.24, 2.45) is 0 Å². The van der Waals surface area contributed by atoms with Gasteiger partial charge in [-0.05, 0) is 49.9 Å². The van der Waals surface area contributed by atoms with Crippen LogP contribution < -0.4 is 10.3 Å². The van der Waals surface area contributed by atoms with Crippen molar-refractivity contribution >= 4 is 0 Å². The molecule has 2 aliphatic heterocycles. The zero-order valence-electron chi connectivity index (χ0n) is 19.0. The van der Waals surface area contributed by atoms with Gasteiger partial charge in [0.2, 0.25) is 5.79 Å². The minimum atomic E-state index is -4.47. The summed E-state index contributed by atoms with van der Waals surface area (Å²) in [6.45, 7) is 4.36. The lowest BCUT2D eigenvalue weighted by Crippen LogP contribution is -2.54. The van der Waals surface area contributed by atoms with Gasteiger partial charge in [0.25, 0.3) is 5.56 Å². The van der Waals surface area contributed by atoms with E-state index in [0.717, 1.165) is 47.4 Å². The average molecular weight is 463 g/mol. The number of aromatic nitrogens is 1. The second-order valence-corrected chi connectivity index (χ2v) is 9.59. The molecule has 3 aliphatic rings. The molecule has 3 heterocycles. The molecule has 1 aromatic heterocycles. The van der Waals surface area contributed by atoms with Gasteiger partial charge >= 0.3 is 6.18 Å². The van der Waals surface area contributed by atoms with Crippen LogP contribution in [0.3, 0.4) is 0 Å². The van der Waals surface area contributed by atoms with Gasteiger partial charge in [-0.2, -0.15) is 13.2 Å². The first-order chi connectivity index (χ1) is 15.6. The molecule has 5 rings (SSSR count). The van der Waals surface area contributed by atoms with Crippen molar-refractivity contribution in [3.05, 3.63) is 51.4 Å². The molecule has 1 aliphatic carbocycles. The third-order valence-electron chi connectivity index (χ3n) is 7.49. The Labute approximate surface area is 191 Å². The van der Waals surface area contributed by atoms with Gasteiger partial charge in [0.15, 0.2) is 0 Å². The number of alkyl halides is 3. The minimum Gasteiger partial charge on any atom is -0.462 e. The SMILES string of the molecule is Cc1c(-c2ccc3c(c2)COC2(CCN(C4CCC4)CC2)O3)cn(CC(F)(F)F)c(=O)c1C. The van der Waals surface area contributed by atoms with Gasteiger partial charge in [-0.1, -0.05) is 12.5 Å². The normalized spacial score (nSPS) is 20.9. The van der Waals surface area contributed by atoms with Gasteiger partial charge in [-0.3, -0.25) is 9.69 Å². The first-order valence-electron chi connectivity index (χ1n) is 11.6. The van der Waals surface area contributed by atoms with E-state index >= 15 is 0 Å². The third kappa shape index (κ3) is 4.30. The minimum absolute atomic E-state index is 0.319. The third-order valence-corrected chi connectivity index (χ3v) is 7.49. The van der Waals surface area contributed by atoms with Crippen LogP contribution in [0.4, 0.5) is 13.2 Å². The standard InChI is InChI=1S/C25H29F3N2O3/c1-16-17(2)23(31)30(15-25(26,27)28)13-21(16)18-6-7-22-19(12-18)14-32-24(33-22)8-10-29(11-9-24)20-4-3-5-20/h6-7,12-13,20H,3-5,8-11,14-15H2,1-2H3. The number of hydrogen-bond donors (Lipinski definition) is 0. The summed E-state index contributed by atoms with van der Waals surface area (Å²) in [6.07, 6.45) is 2.38. The van der Waals surface area contributed by atoms with E-state index in [4.69, 9.17) is 9.47 Å². The lowest BCUT2D eigenvalue weighted by molar-refractivity contribution is -0.231. The Morgan fingerprint density at radius 2 is 1.85 bits per heavy atom. The largest absolute Gasteiger partial charge is 0.462 e. The van der Waals surface area contributed by atoms with Crippen LogP contribution in [-0.4, -0.2) is 40.6 Å². The van der Waals surface area contributed by atoms with E-state index in [1.807, 2.05) is 18.2 Å². The number of piperidine rings is 1. The van der Waals surface area contributed by atoms with Gasteiger partial charge in [-0.25, -0.2) is 0 Å². The lowest BCUT2D eigenvalue weighted by atomic mass is 9.89. The van der Waals surface area contributed by atoms with Gasteiger partial charge in [0.1, 0.15) is 12.3 Å². The second kappa shape index (κ2) is 8.17. The molecular weight excluding hydrogens is 433 g/mol. The summed E-state index contributed by atoms with van der Waals surface area (Å²) in [5, 5.41) is 0. The molecule has 1 aromatic carbocycles. The molecule has 2 fully saturated rings. The van der Waals surface area contributed by atoms with Crippen molar-refractivity contribution in [3.63, 3.8) is 0 Å². The van der Waals surface area contributed by atoms with Crippen molar-refractivity contribution in [3.8, 4) is 16.9 Å². The van der Waals surface area contributed by atoms with Gasteiger partial charge in [-0.15, -0.1) is 0 Å². The van der Waals surface area contributed by atoms with Gasteiger partial charge < -0.3 is 14.0 Å². The molecule has 0 bridgehead atoms. The predicted octanol–water partition coefficient (Wildman–Crippen LogP) is 4.95. The van der Waals surface area contributed by atoms with Crippen molar-refractivity contribution in [2.45, 2.75) is 77.1 Å². The van der Waals surface area contributed by atoms with Crippen molar-refractivity contribution < 1.29 is 22.6 Å². The molecule has 0 N–H and O–H groups in total. The van der Waals surface area contributed by atoms with Crippen LogP contribution in [0, 0.1) is 13.8 Å². The molecule has 1 saturated carbocycles. The number of likely N-dealkylation sites (tertiary alicyclic amines) is 1. The average Bonchev–Trinajstić information content (AvgIpc) is 2.73. The summed E-state index contributed by atoms with van der Waals surface area (Å²) in [5.41, 5.74) is 2.59. The molecule has 33 heavy (non-hydrogen) atoms. The Balaban J connectivity index is 1.39. The summed E-state index contributed by atoms with van der Waals surface area (Å²) in [4.78, 5) is 14.9. The highest BCUT2D eigenvalue weighted by molar-refractivity contribution is 5.69. The van der Waals surface area contributed by atoms with Crippen LogP contribution in [0.2, 0.25) is 0 Å². The molecule has 178 valence electrons. The zero-order chi connectivity index (χ0) is 23.4. The highest BCUT2D eigenvalue weighted by Crippen LogP contribution is 2.41. The first kappa shape index (κ1) is 22.5. The maximum absolute atomic E-state index is 13.0. The number of rotatable bonds is 3. The van der Waals surface area contributed by atoms with Crippen LogP contribution in [0.15, 0.2) is 29.2 Å². The van der Waals surface area contributed by atoms with Crippen LogP contribution in [0.25, 0.3) is 11.1 Å². The summed E-state index contributed by atoms with van der Waals surface area (Å²) < 4.78 is 52.2. The van der Waals surface area contributed by atoms with Crippen molar-refractivity contribution in [1.82, 2.24) is 9.47 Å². The van der Waals surface area contributed by atoms with Crippen LogP contribution in [-0.2, 0) is 17.9 Å². The Morgan fingerprint density at radius 1 is 1.12 bits per heavy atom. The van der Waals surface area contributed by atoms with E-state index in [9.17, 15) is 18.0 Å². The first-order valence-corrected chi connectivity index (χ1v) is 11.6. The molecule has 1 saturated heterocycles. The summed E-state index contributed by atoms with van der Waals surface area (Å²) in [7, 11) is 0. The Morgan fingerprint density at radius 3 is 2.48 bits per heavy atom. The molecule has 0 unspecified atom stereocenters. The van der Waals surface area contributed by atoms with E-state index in [-0.39, 0.29) is 0 Å². The fourth-order valence-corrected chi connectivity index (χ4v) is 5.12. The quantitative estimate of drug-likeness (QED) is 0.648. The van der Waals surface area contributed by atoms with E-state index in [0.29, 0.717) is 29.3 Å². The number of pyridine rings is 1. The van der Waals surface area contributed by atoms with E-state index in [1.165, 1.54) is 25.5 Å². The van der Waals surface area contributed by atoms with Crippen LogP contribution >= 0.6 is 0 Å². The molecule has 0 atom stereocenters. The Kier molecular flexibility index (Phi) is 5.56. The van der Waals surface area contributed by atoms with Crippen molar-refractivity contribution in [2.75, 3.05) is 13.1 Å². The maximum Gasteiger partial charge on any atom is 0.406 e. The molecule has 1 spiro atoms. The summed E-state index contributed by atoms with van der Waals surface area (Å²) in [6, 6.07) is 6.34. The number of ether oxygens (including phenoxy) is 2. The lowest BCUT2D eigenvalue weighted by Gasteiger charge is -2.47. The Bertz CT molecular complexity index is 1110. The molecule has 0 amide bonds. The number of nitrogens with zero attached hydrogens (tertiary/aromatic N) is 2. The highest BCUT2D eigenvalue weighted by Gasteiger charge is 2.42. The summed E-state index contributed by atoms with van der Waals surface area (Å²) >= 11 is 0. The number of benzene rings is 1. The number of hydrogen-bond acceptors (Lipinski definition) is 4. The monoisotopic (exact) mass is 462 g/mol. The fourth-order valence-electron chi connectivity index (χ4n) is 5.12. The van der Waals surface area contributed by atoms with E-state index in [2.05, 4.69) is 4.90 Å². The van der Waals surface area contributed by atoms with E-state index in [1.54, 1.807) is 13.8 Å². The molecule has 0 radical (unpaired) electrons. The highest BCUT2D eigenvalue weighted by atomic mass is 19.4. The molecule has 5 nitrogen and oxygen atoms in total. The van der Waals surface area contributed by atoms with E-state index < -0.39 is 24.1 Å². The number of halogens is 3. The van der Waals surface area contributed by atoms with Gasteiger partial charge in [0, 0.05) is 54.9 Å². The maximum atomic E-state index is 13.0. The Hall–Kier alpha value is -2.32. The topological polar surface area (TPSA) is 43.7 Å². The molecule has 2 aromatic rings. The molecule has 8 heteroatoms. The summed E-state index contributed by atoms with van der Waals surface area (Å²) in [5.74, 6) is 0.168. The fraction of sp³-hybridized carbons (Fsp3) is 0.560. The second-order valence-electron chi connectivity index (χ2n) is 9.59. The van der Waals surface area contributed by atoms with Gasteiger partial charge in [0.05, 0.1) is 6.61 Å². The molecular formula is C25H29F3N2O3. The van der Waals surface area contributed by atoms with Crippen molar-refractivity contribution in [1.29, 1.82) is 0 Å². The zero-order valence-corrected chi connectivity index (χ0v) is 19.0.